The summed E-state index contributed by atoms with van der Waals surface area (Å²) in [5.74, 6) is 0.00301. The molecule has 0 spiro atoms. The lowest BCUT2D eigenvalue weighted by Gasteiger charge is -2.34. The van der Waals surface area contributed by atoms with Crippen LogP contribution in [0.25, 0.3) is 5.57 Å². The molecule has 5 N–H and O–H groups in total. The van der Waals surface area contributed by atoms with Crippen LogP contribution in [0.15, 0.2) is 18.2 Å². The average molecular weight is 320 g/mol. The quantitative estimate of drug-likeness (QED) is 0.569. The molecule has 0 radical (unpaired) electrons. The second-order valence-electron chi connectivity index (χ2n) is 4.43. The second-order valence-corrected chi connectivity index (χ2v) is 8.05. The smallest absolute Gasteiger partial charge is 0.219 e. The molecular formula is C8H12N6O4S2. The van der Waals surface area contributed by atoms with Crippen molar-refractivity contribution in [3.63, 3.8) is 0 Å². The average Bonchev–Trinajstić information content (AvgIpc) is 2.78. The minimum atomic E-state index is -4.29. The highest BCUT2D eigenvalue weighted by molar-refractivity contribution is 7.94. The van der Waals surface area contributed by atoms with Crippen LogP contribution in [0.3, 0.4) is 0 Å². The molecule has 0 saturated heterocycles. The molecule has 12 heteroatoms. The maximum Gasteiger partial charge on any atom is 0.219 e. The van der Waals surface area contributed by atoms with Crippen molar-refractivity contribution in [1.82, 2.24) is 20.6 Å². The number of hydrogen-bond acceptors (Lipinski definition) is 7. The van der Waals surface area contributed by atoms with E-state index in [2.05, 4.69) is 20.6 Å². The molecule has 2 rings (SSSR count). The van der Waals surface area contributed by atoms with E-state index in [9.17, 15) is 16.8 Å². The molecule has 0 aliphatic heterocycles. The number of H-pyrrole nitrogens is 1. The highest BCUT2D eigenvalue weighted by Gasteiger charge is 2.52. The fraction of sp³-hybridized carbons (Fsp3) is 0.375. The molecule has 0 fully saturated rings. The van der Waals surface area contributed by atoms with E-state index >= 15 is 0 Å². The molecular weight excluding hydrogens is 308 g/mol. The Morgan fingerprint density at radius 1 is 1.30 bits per heavy atom. The van der Waals surface area contributed by atoms with Gasteiger partial charge in [-0.25, -0.2) is 32.2 Å². The standard InChI is InChI=1S/C8H12N6O4S2/c1-8(20(10,17)18)4-2-3-5(6(8)19(9,15)16)7-11-13-14-12-7/h2-4,6H,1H3,(H2,9,15,16)(H2,10,17,18)(H,11,12,13,14). The van der Waals surface area contributed by atoms with Crippen LogP contribution >= 0.6 is 0 Å². The van der Waals surface area contributed by atoms with Gasteiger partial charge in [0.15, 0.2) is 5.82 Å². The molecule has 110 valence electrons. The fourth-order valence-corrected chi connectivity index (χ4v) is 4.83. The van der Waals surface area contributed by atoms with Crippen molar-refractivity contribution < 1.29 is 16.8 Å². The molecule has 10 nitrogen and oxygen atoms in total. The molecule has 1 aliphatic rings. The molecule has 0 amide bonds. The molecule has 20 heavy (non-hydrogen) atoms. The largest absolute Gasteiger partial charge is 0.239 e. The van der Waals surface area contributed by atoms with Gasteiger partial charge in [-0.15, -0.1) is 5.10 Å². The number of nitrogens with two attached hydrogens (primary N) is 2. The van der Waals surface area contributed by atoms with Crippen LogP contribution in [0.1, 0.15) is 12.7 Å². The van der Waals surface area contributed by atoms with Crippen LogP contribution in [0.2, 0.25) is 0 Å². The number of aromatic nitrogens is 4. The van der Waals surface area contributed by atoms with Gasteiger partial charge < -0.3 is 0 Å². The number of allylic oxidation sites excluding steroid dienone is 2. The minimum absolute atomic E-state index is 0.00301. The minimum Gasteiger partial charge on any atom is -0.239 e. The van der Waals surface area contributed by atoms with Crippen molar-refractivity contribution in [2.45, 2.75) is 16.9 Å². The highest BCUT2D eigenvalue weighted by Crippen LogP contribution is 2.37. The van der Waals surface area contributed by atoms with E-state index in [1.807, 2.05) is 0 Å². The number of primary sulfonamides is 2. The lowest BCUT2D eigenvalue weighted by Crippen LogP contribution is -2.55. The SMILES string of the molecule is CC1(S(N)(=O)=O)C=CC=C(c2nnn[nH]2)C1S(N)(=O)=O. The van der Waals surface area contributed by atoms with Gasteiger partial charge in [-0.2, -0.15) is 0 Å². The molecule has 0 bridgehead atoms. The number of hydrogen-bond donors (Lipinski definition) is 3. The first kappa shape index (κ1) is 14.8. The maximum absolute atomic E-state index is 11.9. The van der Waals surface area contributed by atoms with E-state index in [0.717, 1.165) is 0 Å². The van der Waals surface area contributed by atoms with Gasteiger partial charge in [-0.3, -0.25) is 0 Å². The molecule has 1 aromatic heterocycles. The van der Waals surface area contributed by atoms with E-state index in [4.69, 9.17) is 10.3 Å². The van der Waals surface area contributed by atoms with E-state index < -0.39 is 30.0 Å². The van der Waals surface area contributed by atoms with Gasteiger partial charge in [0.2, 0.25) is 20.0 Å². The molecule has 2 atom stereocenters. The summed E-state index contributed by atoms with van der Waals surface area (Å²) in [6.45, 7) is 1.17. The Labute approximate surface area is 115 Å². The van der Waals surface area contributed by atoms with Gasteiger partial charge in [-0.1, -0.05) is 18.2 Å². The summed E-state index contributed by atoms with van der Waals surface area (Å²) < 4.78 is 45.4. The first-order valence-corrected chi connectivity index (χ1v) is 8.40. The van der Waals surface area contributed by atoms with Crippen molar-refractivity contribution in [2.24, 2.45) is 10.3 Å². The number of rotatable bonds is 3. The van der Waals surface area contributed by atoms with E-state index in [1.54, 1.807) is 0 Å². The lowest BCUT2D eigenvalue weighted by molar-refractivity contribution is 0.549. The van der Waals surface area contributed by atoms with Crippen molar-refractivity contribution in [3.8, 4) is 0 Å². The predicted molar refractivity (Wildman–Crippen MR) is 69.7 cm³/mol. The summed E-state index contributed by atoms with van der Waals surface area (Å²) >= 11 is 0. The van der Waals surface area contributed by atoms with E-state index in [0.29, 0.717) is 0 Å². The first-order valence-electron chi connectivity index (χ1n) is 5.25. The first-order chi connectivity index (χ1) is 9.07. The molecule has 1 heterocycles. The third-order valence-electron chi connectivity index (χ3n) is 3.07. The fourth-order valence-electron chi connectivity index (χ4n) is 2.06. The number of nitrogens with one attached hydrogen (secondary N) is 1. The highest BCUT2D eigenvalue weighted by atomic mass is 32.2. The van der Waals surface area contributed by atoms with Gasteiger partial charge >= 0.3 is 0 Å². The van der Waals surface area contributed by atoms with Crippen molar-refractivity contribution in [2.75, 3.05) is 0 Å². The summed E-state index contributed by atoms with van der Waals surface area (Å²) in [5.41, 5.74) is 0.0246. The third-order valence-corrected chi connectivity index (χ3v) is 6.21. The van der Waals surface area contributed by atoms with Crippen LogP contribution in [0, 0.1) is 0 Å². The molecule has 0 saturated carbocycles. The van der Waals surface area contributed by atoms with Crippen molar-refractivity contribution in [1.29, 1.82) is 0 Å². The normalized spacial score (nSPS) is 27.4. The van der Waals surface area contributed by atoms with Crippen LogP contribution in [0.4, 0.5) is 0 Å². The lowest BCUT2D eigenvalue weighted by atomic mass is 9.94. The maximum atomic E-state index is 11.9. The summed E-state index contributed by atoms with van der Waals surface area (Å²) in [6.07, 6.45) is 3.90. The summed E-state index contributed by atoms with van der Waals surface area (Å²) in [7, 11) is -8.54. The van der Waals surface area contributed by atoms with Crippen molar-refractivity contribution >= 4 is 25.6 Å². The summed E-state index contributed by atoms with van der Waals surface area (Å²) in [4.78, 5) is 0. The monoisotopic (exact) mass is 320 g/mol. The Hall–Kier alpha value is -1.63. The molecule has 1 aliphatic carbocycles. The molecule has 2 unspecified atom stereocenters. The summed E-state index contributed by atoms with van der Waals surface area (Å²) in [6, 6.07) is 0. The summed E-state index contributed by atoms with van der Waals surface area (Å²) in [5, 5.41) is 21.3. The van der Waals surface area contributed by atoms with Crippen LogP contribution < -0.4 is 10.3 Å². The molecule has 1 aromatic rings. The third kappa shape index (κ3) is 2.26. The second kappa shape index (κ2) is 4.44. The van der Waals surface area contributed by atoms with Gasteiger partial charge in [0.1, 0.15) is 10.00 Å². The Morgan fingerprint density at radius 3 is 2.40 bits per heavy atom. The van der Waals surface area contributed by atoms with Crippen molar-refractivity contribution in [3.05, 3.63) is 24.1 Å². The Bertz CT molecular complexity index is 779. The van der Waals surface area contributed by atoms with Crippen LogP contribution in [0.5, 0.6) is 0 Å². The van der Waals surface area contributed by atoms with Crippen LogP contribution in [-0.2, 0) is 20.0 Å². The number of tetrazole rings is 1. The topological polar surface area (TPSA) is 175 Å². The zero-order valence-electron chi connectivity index (χ0n) is 10.3. The van der Waals surface area contributed by atoms with Gasteiger partial charge in [0.05, 0.1) is 0 Å². The Balaban J connectivity index is 2.72. The predicted octanol–water partition coefficient (Wildman–Crippen LogP) is -2.14. The number of aromatic amines is 1. The van der Waals surface area contributed by atoms with Crippen LogP contribution in [-0.4, -0.2) is 47.5 Å². The number of sulfonamides is 2. The van der Waals surface area contributed by atoms with Gasteiger partial charge in [0.25, 0.3) is 0 Å². The van der Waals surface area contributed by atoms with E-state index in [-0.39, 0.29) is 11.4 Å². The van der Waals surface area contributed by atoms with Gasteiger partial charge in [0, 0.05) is 5.57 Å². The van der Waals surface area contributed by atoms with E-state index in [1.165, 1.54) is 25.2 Å². The zero-order chi connectivity index (χ0) is 15.2. The van der Waals surface area contributed by atoms with Gasteiger partial charge in [-0.05, 0) is 17.4 Å². The zero-order valence-corrected chi connectivity index (χ0v) is 11.9. The number of nitrogens with zero attached hydrogens (tertiary/aromatic N) is 3. The Morgan fingerprint density at radius 2 is 1.95 bits per heavy atom. The molecule has 0 aromatic carbocycles. The Kier molecular flexibility index (Phi) is 3.28.